The number of anilines is 1. The summed E-state index contributed by atoms with van der Waals surface area (Å²) in [6, 6.07) is 17.7. The van der Waals surface area contributed by atoms with Crippen molar-refractivity contribution in [1.29, 1.82) is 0 Å². The first-order valence-electron chi connectivity index (χ1n) is 13.0. The summed E-state index contributed by atoms with van der Waals surface area (Å²) in [5, 5.41) is 19.5. The molecule has 1 saturated heterocycles. The molecule has 3 N–H and O–H groups in total. The van der Waals surface area contributed by atoms with Crippen LogP contribution in [-0.4, -0.2) is 52.8 Å². The van der Waals surface area contributed by atoms with Gasteiger partial charge in [-0.1, -0.05) is 56.3 Å². The van der Waals surface area contributed by atoms with Crippen LogP contribution in [-0.2, 0) is 21.8 Å². The van der Waals surface area contributed by atoms with Crippen molar-refractivity contribution < 1.29 is 19.8 Å². The molecule has 0 aromatic heterocycles. The standard InChI is InChI=1S/C26H29N3S.C4H6O4/c1-18(2)24-15-22-23(17-30-24)21-10-6-7-11-28-25(21)26(22)29-13-12-27-20(16-29)14-19-8-4-3-5-9-19;5-3(6)1-2-4(7)8/h3-11,15,18,20,27H,12-14,16-17H2,1-2H3;1-2H2,(H,5,6)(H,7,8). The van der Waals surface area contributed by atoms with Gasteiger partial charge in [0.05, 0.1) is 24.2 Å². The lowest BCUT2D eigenvalue weighted by Crippen LogP contribution is -2.51. The average molecular weight is 534 g/mol. The Bertz CT molecular complexity index is 1250. The number of rotatable bonds is 7. The monoisotopic (exact) mass is 533 g/mol. The largest absolute Gasteiger partial charge is 0.481 e. The van der Waals surface area contributed by atoms with Crippen LogP contribution in [0.15, 0.2) is 59.6 Å². The fraction of sp³-hybridized carbons (Fsp3) is 0.367. The normalized spacial score (nSPS) is 16.9. The molecule has 38 heavy (non-hydrogen) atoms. The molecule has 0 radical (unpaired) electrons. The Balaban J connectivity index is 0.000000368. The Morgan fingerprint density at radius 2 is 1.79 bits per heavy atom. The van der Waals surface area contributed by atoms with Crippen LogP contribution < -0.4 is 10.2 Å². The van der Waals surface area contributed by atoms with Crippen LogP contribution in [0.4, 0.5) is 5.69 Å². The molecule has 5 rings (SSSR count). The van der Waals surface area contributed by atoms with Crippen molar-refractivity contribution in [3.05, 3.63) is 76.3 Å². The second-order valence-electron chi connectivity index (χ2n) is 9.90. The molecule has 3 heterocycles. The number of carboxylic acids is 2. The molecule has 1 fully saturated rings. The number of hydrogen-bond donors (Lipinski definition) is 3. The summed E-state index contributed by atoms with van der Waals surface area (Å²) in [5.74, 6) is -0.548. The third-order valence-corrected chi connectivity index (χ3v) is 8.09. The highest BCUT2D eigenvalue weighted by atomic mass is 32.2. The van der Waals surface area contributed by atoms with E-state index in [4.69, 9.17) is 15.2 Å². The van der Waals surface area contributed by atoms with E-state index in [1.54, 1.807) is 0 Å². The van der Waals surface area contributed by atoms with Crippen LogP contribution in [0.5, 0.6) is 0 Å². The van der Waals surface area contributed by atoms with E-state index in [2.05, 4.69) is 72.6 Å². The quantitative estimate of drug-likeness (QED) is 0.372. The first-order chi connectivity index (χ1) is 18.3. The van der Waals surface area contributed by atoms with Gasteiger partial charge in [-0.05, 0) is 40.5 Å². The number of piperazine rings is 1. The van der Waals surface area contributed by atoms with Gasteiger partial charge in [0.25, 0.3) is 0 Å². The number of allylic oxidation sites excluding steroid dienone is 1. The number of nitrogens with zero attached hydrogens (tertiary/aromatic N) is 2. The van der Waals surface area contributed by atoms with Gasteiger partial charge in [-0.2, -0.15) is 0 Å². The van der Waals surface area contributed by atoms with Gasteiger partial charge in [0.15, 0.2) is 0 Å². The van der Waals surface area contributed by atoms with Gasteiger partial charge in [-0.3, -0.25) is 14.6 Å². The zero-order chi connectivity index (χ0) is 27.1. The number of aliphatic carboxylic acids is 2. The topological polar surface area (TPSA) is 103 Å². The highest BCUT2D eigenvalue weighted by molar-refractivity contribution is 8.02. The van der Waals surface area contributed by atoms with Crippen molar-refractivity contribution >= 4 is 35.5 Å². The van der Waals surface area contributed by atoms with Gasteiger partial charge >= 0.3 is 11.9 Å². The highest BCUT2D eigenvalue weighted by Crippen LogP contribution is 2.49. The minimum Gasteiger partial charge on any atom is -0.481 e. The number of nitrogens with one attached hydrogen (secondary N) is 1. The number of benzene rings is 1. The fourth-order valence-corrected chi connectivity index (χ4v) is 6.05. The van der Waals surface area contributed by atoms with Crippen LogP contribution in [0.1, 0.15) is 43.4 Å². The second kappa shape index (κ2) is 12.9. The average Bonchev–Trinajstić information content (AvgIpc) is 3.02. The number of aromatic nitrogens is 1. The van der Waals surface area contributed by atoms with Crippen LogP contribution in [0.25, 0.3) is 17.3 Å². The summed E-state index contributed by atoms with van der Waals surface area (Å²) >= 11 is 1.99. The molecule has 3 aliphatic heterocycles. The fourth-order valence-electron chi connectivity index (χ4n) is 4.90. The van der Waals surface area contributed by atoms with Crippen molar-refractivity contribution in [2.75, 3.05) is 24.5 Å². The maximum Gasteiger partial charge on any atom is 0.303 e. The van der Waals surface area contributed by atoms with Gasteiger partial charge in [0, 0.05) is 48.8 Å². The van der Waals surface area contributed by atoms with Crippen molar-refractivity contribution in [2.45, 2.75) is 44.9 Å². The van der Waals surface area contributed by atoms with E-state index >= 15 is 0 Å². The summed E-state index contributed by atoms with van der Waals surface area (Å²) in [6.45, 7) is 7.64. The third kappa shape index (κ3) is 6.94. The number of hydrogen-bond acceptors (Lipinski definition) is 6. The maximum atomic E-state index is 9.64. The number of carbonyl (C=O) groups is 2. The predicted molar refractivity (Wildman–Crippen MR) is 154 cm³/mol. The molecule has 8 heteroatoms. The zero-order valence-corrected chi connectivity index (χ0v) is 22.7. The lowest BCUT2D eigenvalue weighted by atomic mass is 10.0. The second-order valence-corrected chi connectivity index (χ2v) is 10.9. The van der Waals surface area contributed by atoms with Gasteiger partial charge in [0.1, 0.15) is 0 Å². The summed E-state index contributed by atoms with van der Waals surface area (Å²) in [6.07, 6.45) is 4.85. The molecular formula is C30H35N3O4S. The summed E-state index contributed by atoms with van der Waals surface area (Å²) in [4.78, 5) is 28.3. The van der Waals surface area contributed by atoms with Crippen molar-refractivity contribution in [1.82, 2.24) is 10.3 Å². The summed E-state index contributed by atoms with van der Waals surface area (Å²) < 4.78 is 0. The highest BCUT2D eigenvalue weighted by Gasteiger charge is 2.31. The van der Waals surface area contributed by atoms with Gasteiger partial charge in [-0.25, -0.2) is 0 Å². The number of fused-ring (bicyclic) bond motifs is 3. The first kappa shape index (κ1) is 27.7. The van der Waals surface area contributed by atoms with Crippen LogP contribution in [0, 0.1) is 5.92 Å². The van der Waals surface area contributed by atoms with E-state index in [1.165, 1.54) is 32.8 Å². The van der Waals surface area contributed by atoms with E-state index in [-0.39, 0.29) is 12.8 Å². The van der Waals surface area contributed by atoms with Crippen molar-refractivity contribution in [3.63, 3.8) is 0 Å². The van der Waals surface area contributed by atoms with Gasteiger partial charge in [0.2, 0.25) is 0 Å². The molecule has 1 unspecified atom stereocenters. The minimum absolute atomic E-state index is 0.296. The Labute approximate surface area is 228 Å². The number of carboxylic acid groups (broad SMARTS) is 2. The Morgan fingerprint density at radius 1 is 1.08 bits per heavy atom. The Morgan fingerprint density at radius 3 is 2.47 bits per heavy atom. The molecule has 1 atom stereocenters. The lowest BCUT2D eigenvalue weighted by molar-refractivity contribution is -0.143. The number of thioether (sulfide) groups is 1. The van der Waals surface area contributed by atoms with Crippen molar-refractivity contribution in [2.24, 2.45) is 5.92 Å². The van der Waals surface area contributed by atoms with Crippen LogP contribution >= 0.6 is 11.8 Å². The molecule has 1 aromatic carbocycles. The molecule has 0 spiro atoms. The Kier molecular flexibility index (Phi) is 9.42. The van der Waals surface area contributed by atoms with Crippen LogP contribution in [0.2, 0.25) is 0 Å². The van der Waals surface area contributed by atoms with E-state index in [0.29, 0.717) is 12.0 Å². The zero-order valence-electron chi connectivity index (χ0n) is 21.9. The van der Waals surface area contributed by atoms with E-state index in [9.17, 15) is 9.59 Å². The SMILES string of the molecule is CC(C)C1=Cc2c(c3ccccnc-3c2N2CCNC(Cc3ccccc3)C2)CS1.O=C(O)CCC(=O)O. The van der Waals surface area contributed by atoms with E-state index in [0.717, 1.165) is 37.5 Å². The molecule has 1 aliphatic carbocycles. The maximum absolute atomic E-state index is 9.64. The molecule has 1 aromatic rings. The van der Waals surface area contributed by atoms with Gasteiger partial charge in [-0.15, -0.1) is 11.8 Å². The smallest absolute Gasteiger partial charge is 0.303 e. The van der Waals surface area contributed by atoms with E-state index < -0.39 is 11.9 Å². The molecule has 4 aliphatic rings. The third-order valence-electron chi connectivity index (χ3n) is 6.74. The first-order valence-corrected chi connectivity index (χ1v) is 14.0. The molecule has 7 nitrogen and oxygen atoms in total. The molecule has 0 bridgehead atoms. The Hall–Kier alpha value is -3.36. The van der Waals surface area contributed by atoms with Crippen LogP contribution in [0.3, 0.4) is 0 Å². The molecule has 0 saturated carbocycles. The van der Waals surface area contributed by atoms with Gasteiger partial charge < -0.3 is 20.4 Å². The minimum atomic E-state index is -1.08. The lowest BCUT2D eigenvalue weighted by Gasteiger charge is -2.36. The summed E-state index contributed by atoms with van der Waals surface area (Å²) in [7, 11) is 0. The van der Waals surface area contributed by atoms with Crippen molar-refractivity contribution in [3.8, 4) is 11.3 Å². The molecular weight excluding hydrogens is 498 g/mol. The summed E-state index contributed by atoms with van der Waals surface area (Å²) in [5.41, 5.74) is 8.08. The van der Waals surface area contributed by atoms with E-state index in [1.807, 2.05) is 24.0 Å². The molecule has 200 valence electrons. The molecule has 0 amide bonds. The predicted octanol–water partition coefficient (Wildman–Crippen LogP) is 5.39.